The number of pyridine rings is 1. The van der Waals surface area contributed by atoms with E-state index in [0.717, 1.165) is 11.1 Å². The normalized spacial score (nSPS) is 10.8. The monoisotopic (exact) mass is 253 g/mol. The highest BCUT2D eigenvalue weighted by atomic mass is 16.2. The molecule has 5 nitrogen and oxygen atoms in total. The standard InChI is InChI=1S/C14H11N3O2/c1-9-2-3-10-12(6-9)16-7-11(13(10)18)14(19)17-5-4-15-8-17/h2-8H,1H3,(H,16,18). The van der Waals surface area contributed by atoms with Crippen molar-refractivity contribution in [3.63, 3.8) is 0 Å². The van der Waals surface area contributed by atoms with E-state index in [0.29, 0.717) is 5.39 Å². The first-order chi connectivity index (χ1) is 9.16. The summed E-state index contributed by atoms with van der Waals surface area (Å²) in [7, 11) is 0. The van der Waals surface area contributed by atoms with Gasteiger partial charge in [-0.25, -0.2) is 4.98 Å². The zero-order valence-electron chi connectivity index (χ0n) is 10.3. The number of aromatic nitrogens is 3. The zero-order chi connectivity index (χ0) is 13.4. The van der Waals surface area contributed by atoms with Gasteiger partial charge in [-0.1, -0.05) is 6.07 Å². The number of aromatic amines is 1. The molecule has 0 saturated heterocycles. The quantitative estimate of drug-likeness (QED) is 0.718. The van der Waals surface area contributed by atoms with Crippen LogP contribution in [-0.2, 0) is 0 Å². The van der Waals surface area contributed by atoms with E-state index >= 15 is 0 Å². The molecule has 0 radical (unpaired) electrons. The number of hydrogen-bond donors (Lipinski definition) is 1. The molecular weight excluding hydrogens is 242 g/mol. The van der Waals surface area contributed by atoms with Gasteiger partial charge in [-0.15, -0.1) is 0 Å². The SMILES string of the molecule is Cc1ccc2c(=O)c(C(=O)n3ccnc3)c[nH]c2c1. The van der Waals surface area contributed by atoms with Crippen LogP contribution in [0.5, 0.6) is 0 Å². The van der Waals surface area contributed by atoms with Crippen LogP contribution in [0.2, 0.25) is 0 Å². The maximum atomic E-state index is 12.3. The van der Waals surface area contributed by atoms with Gasteiger partial charge in [-0.3, -0.25) is 14.2 Å². The molecule has 5 heteroatoms. The lowest BCUT2D eigenvalue weighted by Crippen LogP contribution is -2.20. The van der Waals surface area contributed by atoms with Gasteiger partial charge < -0.3 is 4.98 Å². The van der Waals surface area contributed by atoms with Gasteiger partial charge in [0.15, 0.2) is 0 Å². The molecule has 0 amide bonds. The molecule has 1 aromatic carbocycles. The number of imidazole rings is 1. The molecule has 1 N–H and O–H groups in total. The molecule has 0 fully saturated rings. The summed E-state index contributed by atoms with van der Waals surface area (Å²) in [6.45, 7) is 1.95. The lowest BCUT2D eigenvalue weighted by atomic mass is 10.1. The van der Waals surface area contributed by atoms with Gasteiger partial charge in [0.05, 0.1) is 0 Å². The molecule has 0 atom stereocenters. The number of nitrogens with zero attached hydrogens (tertiary/aromatic N) is 2. The summed E-state index contributed by atoms with van der Waals surface area (Å²) in [5.74, 6) is -0.388. The fourth-order valence-corrected chi connectivity index (χ4v) is 2.01. The fourth-order valence-electron chi connectivity index (χ4n) is 2.01. The highest BCUT2D eigenvalue weighted by Gasteiger charge is 2.14. The van der Waals surface area contributed by atoms with Crippen LogP contribution in [0.15, 0.2) is 47.9 Å². The average Bonchev–Trinajstić information content (AvgIpc) is 2.92. The molecular formula is C14H11N3O2. The van der Waals surface area contributed by atoms with Crippen molar-refractivity contribution in [2.24, 2.45) is 0 Å². The molecule has 0 saturated carbocycles. The van der Waals surface area contributed by atoms with Crippen LogP contribution in [-0.4, -0.2) is 20.4 Å². The fraction of sp³-hybridized carbons (Fsp3) is 0.0714. The highest BCUT2D eigenvalue weighted by molar-refractivity contribution is 5.98. The van der Waals surface area contributed by atoms with Gasteiger partial charge in [-0.2, -0.15) is 0 Å². The van der Waals surface area contributed by atoms with Gasteiger partial charge in [0.2, 0.25) is 5.43 Å². The number of benzene rings is 1. The predicted molar refractivity (Wildman–Crippen MR) is 71.3 cm³/mol. The van der Waals surface area contributed by atoms with Crippen molar-refractivity contribution >= 4 is 16.8 Å². The van der Waals surface area contributed by atoms with E-state index in [1.807, 2.05) is 19.1 Å². The average molecular weight is 253 g/mol. The number of fused-ring (bicyclic) bond motifs is 1. The molecule has 19 heavy (non-hydrogen) atoms. The van der Waals surface area contributed by atoms with Crippen molar-refractivity contribution < 1.29 is 4.79 Å². The largest absolute Gasteiger partial charge is 0.360 e. The van der Waals surface area contributed by atoms with Gasteiger partial charge in [0.1, 0.15) is 11.9 Å². The minimum absolute atomic E-state index is 0.106. The van der Waals surface area contributed by atoms with Crippen LogP contribution in [0.3, 0.4) is 0 Å². The first kappa shape index (κ1) is 11.4. The molecule has 0 aliphatic carbocycles. The third kappa shape index (κ3) is 1.85. The van der Waals surface area contributed by atoms with Crippen molar-refractivity contribution in [1.29, 1.82) is 0 Å². The summed E-state index contributed by atoms with van der Waals surface area (Å²) in [5.41, 5.74) is 1.62. The van der Waals surface area contributed by atoms with E-state index in [-0.39, 0.29) is 16.9 Å². The Bertz CT molecular complexity index is 816. The highest BCUT2D eigenvalue weighted by Crippen LogP contribution is 2.11. The molecule has 3 rings (SSSR count). The van der Waals surface area contributed by atoms with Crippen molar-refractivity contribution in [2.45, 2.75) is 6.92 Å². The smallest absolute Gasteiger partial charge is 0.268 e. The maximum absolute atomic E-state index is 12.3. The van der Waals surface area contributed by atoms with E-state index in [9.17, 15) is 9.59 Å². The van der Waals surface area contributed by atoms with Crippen molar-refractivity contribution in [3.8, 4) is 0 Å². The van der Waals surface area contributed by atoms with Crippen LogP contribution in [0.25, 0.3) is 10.9 Å². The minimum Gasteiger partial charge on any atom is -0.360 e. The Kier molecular flexibility index (Phi) is 2.52. The van der Waals surface area contributed by atoms with Crippen LogP contribution >= 0.6 is 0 Å². The Morgan fingerprint density at radius 3 is 2.95 bits per heavy atom. The topological polar surface area (TPSA) is 67.8 Å². The zero-order valence-corrected chi connectivity index (χ0v) is 10.3. The van der Waals surface area contributed by atoms with Gasteiger partial charge in [0, 0.05) is 29.5 Å². The summed E-state index contributed by atoms with van der Waals surface area (Å²) in [4.78, 5) is 31.2. The van der Waals surface area contributed by atoms with Gasteiger partial charge in [-0.05, 0) is 24.6 Å². The summed E-state index contributed by atoms with van der Waals surface area (Å²) in [6, 6.07) is 5.46. The van der Waals surface area contributed by atoms with Crippen molar-refractivity contribution in [3.05, 3.63) is 64.5 Å². The number of carbonyl (C=O) groups is 1. The number of rotatable bonds is 1. The molecule has 0 spiro atoms. The minimum atomic E-state index is -0.388. The van der Waals surface area contributed by atoms with E-state index in [1.54, 1.807) is 6.07 Å². The first-order valence-corrected chi connectivity index (χ1v) is 5.81. The molecule has 94 valence electrons. The Morgan fingerprint density at radius 2 is 2.21 bits per heavy atom. The summed E-state index contributed by atoms with van der Waals surface area (Å²) in [5, 5.41) is 0.511. The number of hydrogen-bond acceptors (Lipinski definition) is 3. The third-order valence-electron chi connectivity index (χ3n) is 3.01. The number of aryl methyl sites for hydroxylation is 1. The van der Waals surface area contributed by atoms with Crippen molar-refractivity contribution in [1.82, 2.24) is 14.5 Å². The maximum Gasteiger partial charge on any atom is 0.268 e. The predicted octanol–water partition coefficient (Wildman–Crippen LogP) is 1.72. The van der Waals surface area contributed by atoms with Gasteiger partial charge in [0.25, 0.3) is 5.91 Å². The number of H-pyrrole nitrogens is 1. The first-order valence-electron chi connectivity index (χ1n) is 5.81. The molecule has 3 aromatic rings. The third-order valence-corrected chi connectivity index (χ3v) is 3.01. The van der Waals surface area contributed by atoms with Gasteiger partial charge >= 0.3 is 0 Å². The van der Waals surface area contributed by atoms with Crippen LogP contribution < -0.4 is 5.43 Å². The molecule has 0 bridgehead atoms. The second-order valence-electron chi connectivity index (χ2n) is 4.36. The van der Waals surface area contributed by atoms with Crippen molar-refractivity contribution in [2.75, 3.05) is 0 Å². The summed E-state index contributed by atoms with van der Waals surface area (Å²) in [6.07, 6.45) is 5.84. The number of carbonyl (C=O) groups excluding carboxylic acids is 1. The summed E-state index contributed by atoms with van der Waals surface area (Å²) >= 11 is 0. The van der Waals surface area contributed by atoms with E-state index in [4.69, 9.17) is 0 Å². The second kappa shape index (κ2) is 4.20. The Hall–Kier alpha value is -2.69. The summed E-state index contributed by atoms with van der Waals surface area (Å²) < 4.78 is 1.28. The van der Waals surface area contributed by atoms with E-state index in [2.05, 4.69) is 9.97 Å². The molecule has 2 heterocycles. The molecule has 0 unspecified atom stereocenters. The molecule has 0 aliphatic heterocycles. The number of nitrogens with one attached hydrogen (secondary N) is 1. The van der Waals surface area contributed by atoms with E-state index in [1.165, 1.54) is 29.5 Å². The van der Waals surface area contributed by atoms with Crippen LogP contribution in [0.4, 0.5) is 0 Å². The van der Waals surface area contributed by atoms with Crippen LogP contribution in [0.1, 0.15) is 15.9 Å². The second-order valence-corrected chi connectivity index (χ2v) is 4.36. The Balaban J connectivity index is 2.21. The lowest BCUT2D eigenvalue weighted by Gasteiger charge is -2.03. The molecule has 2 aromatic heterocycles. The molecule has 0 aliphatic rings. The van der Waals surface area contributed by atoms with Crippen LogP contribution in [0, 0.1) is 6.92 Å². The Morgan fingerprint density at radius 1 is 1.37 bits per heavy atom. The van der Waals surface area contributed by atoms with E-state index < -0.39 is 0 Å². The Labute approximate surface area is 108 Å². The lowest BCUT2D eigenvalue weighted by molar-refractivity contribution is 0.0958.